The molecule has 0 aliphatic carbocycles. The lowest BCUT2D eigenvalue weighted by atomic mass is 9.90. The number of nitrogens with zero attached hydrogens (tertiary/aromatic N) is 4. The van der Waals surface area contributed by atoms with E-state index in [9.17, 15) is 18.4 Å². The van der Waals surface area contributed by atoms with Gasteiger partial charge < -0.3 is 25.0 Å². The fourth-order valence-electron chi connectivity index (χ4n) is 4.71. The van der Waals surface area contributed by atoms with Crippen LogP contribution in [0.2, 0.25) is 10.0 Å². The number of nitrogens with one attached hydrogen (secondary N) is 1. The lowest BCUT2D eigenvalue weighted by Crippen LogP contribution is -2.37. The summed E-state index contributed by atoms with van der Waals surface area (Å²) in [7, 11) is 0. The number of hydrogen-bond acceptors (Lipinski definition) is 7. The minimum Gasteiger partial charge on any atom is -0.478 e. The van der Waals surface area contributed by atoms with Crippen LogP contribution in [-0.4, -0.2) is 40.0 Å². The molecule has 0 fully saturated rings. The zero-order valence-electron chi connectivity index (χ0n) is 31.1. The van der Waals surface area contributed by atoms with Crippen molar-refractivity contribution in [3.8, 4) is 22.9 Å². The van der Waals surface area contributed by atoms with E-state index in [1.165, 1.54) is 60.9 Å². The zero-order valence-corrected chi connectivity index (χ0v) is 32.6. The molecule has 292 valence electrons. The molecule has 2 aromatic heterocycles. The van der Waals surface area contributed by atoms with E-state index in [4.69, 9.17) is 56.0 Å². The molecule has 0 unspecified atom stereocenters. The van der Waals surface area contributed by atoms with Crippen LogP contribution in [0, 0.1) is 24.8 Å². The molecule has 6 aromatic rings. The van der Waals surface area contributed by atoms with Gasteiger partial charge >= 0.3 is 5.97 Å². The fourth-order valence-corrected chi connectivity index (χ4v) is 5.12. The van der Waals surface area contributed by atoms with Gasteiger partial charge in [-0.1, -0.05) is 75.2 Å². The van der Waals surface area contributed by atoms with Gasteiger partial charge in [-0.25, -0.2) is 33.2 Å². The smallest absolute Gasteiger partial charge is 0.335 e. The number of oxazole rings is 2. The molecule has 4 aromatic carbocycles. The van der Waals surface area contributed by atoms with E-state index in [2.05, 4.69) is 25.0 Å². The number of carboxylic acid groups (broad SMARTS) is 1. The van der Waals surface area contributed by atoms with Crippen molar-refractivity contribution in [1.82, 2.24) is 15.3 Å². The van der Waals surface area contributed by atoms with Crippen LogP contribution in [0.4, 0.5) is 20.2 Å². The zero-order chi connectivity index (χ0) is 41.9. The monoisotopic (exact) mass is 812 g/mol. The highest BCUT2D eigenvalue weighted by Gasteiger charge is 2.27. The lowest BCUT2D eigenvalue weighted by Gasteiger charge is -2.22. The van der Waals surface area contributed by atoms with Crippen molar-refractivity contribution in [1.29, 1.82) is 0 Å². The Kier molecular flexibility index (Phi) is 14.4. The average molecular weight is 814 g/mol. The number of nitrogens with two attached hydrogens (primary N) is 1. The summed E-state index contributed by atoms with van der Waals surface area (Å²) in [6, 6.07) is 20.6. The van der Waals surface area contributed by atoms with Crippen LogP contribution in [0.25, 0.3) is 32.6 Å². The van der Waals surface area contributed by atoms with Gasteiger partial charge in [0.15, 0.2) is 11.4 Å². The Morgan fingerprint density at radius 2 is 1.16 bits per heavy atom. The summed E-state index contributed by atoms with van der Waals surface area (Å²) in [5.41, 5.74) is 8.62. The molecule has 0 bridgehead atoms. The molecule has 0 spiro atoms. The van der Waals surface area contributed by atoms with E-state index >= 15 is 0 Å². The molecule has 0 saturated carbocycles. The summed E-state index contributed by atoms with van der Waals surface area (Å²) in [4.78, 5) is 38.2. The molecule has 15 heteroatoms. The first-order chi connectivity index (χ1) is 27.0. The molecule has 4 N–H and O–H groups in total. The van der Waals surface area contributed by atoms with Crippen LogP contribution >= 0.6 is 23.2 Å². The van der Waals surface area contributed by atoms with Crippen molar-refractivity contribution in [2.75, 3.05) is 13.1 Å². The van der Waals surface area contributed by atoms with E-state index in [-0.39, 0.29) is 56.4 Å². The van der Waals surface area contributed by atoms with Gasteiger partial charge in [0.25, 0.3) is 5.91 Å². The maximum atomic E-state index is 13.1. The van der Waals surface area contributed by atoms with Gasteiger partial charge in [-0.3, -0.25) is 4.79 Å². The maximum Gasteiger partial charge on any atom is 0.335 e. The summed E-state index contributed by atoms with van der Waals surface area (Å²) < 4.78 is 36.8. The molecule has 2 heterocycles. The molecule has 0 radical (unpaired) electrons. The second kappa shape index (κ2) is 19.0. The van der Waals surface area contributed by atoms with Crippen molar-refractivity contribution in [3.63, 3.8) is 0 Å². The largest absolute Gasteiger partial charge is 0.478 e. The minimum absolute atomic E-state index is 0.0369. The van der Waals surface area contributed by atoms with Crippen molar-refractivity contribution in [3.05, 3.63) is 164 Å². The number of amides is 1. The minimum atomic E-state index is -1.12. The third-order valence-corrected chi connectivity index (χ3v) is 9.07. The Labute approximate surface area is 337 Å². The van der Waals surface area contributed by atoms with E-state index in [0.29, 0.717) is 35.3 Å². The van der Waals surface area contributed by atoms with E-state index < -0.39 is 11.4 Å². The van der Waals surface area contributed by atoms with E-state index in [1.54, 1.807) is 36.6 Å². The number of aromatic nitrogens is 2. The number of benzene rings is 4. The van der Waals surface area contributed by atoms with Crippen LogP contribution < -0.4 is 11.1 Å². The normalized spacial score (nSPS) is 10.9. The van der Waals surface area contributed by atoms with Crippen molar-refractivity contribution in [2.45, 2.75) is 38.5 Å². The molecule has 0 atom stereocenters. The van der Waals surface area contributed by atoms with Crippen molar-refractivity contribution >= 4 is 46.5 Å². The SMILES string of the molecule is CC(C)(CN)c1coc(-c2ccc(F)cc2)n1.[C-]#[N+]c1ccc(Cl)c(C(=O)NCC(C)(C)c2coc(-c3ccc(F)cc3)n2)c1.[C-]#[N+]c1ccc(Cl)c(C(=O)O)c1. The Bertz CT molecular complexity index is 2430. The van der Waals surface area contributed by atoms with Crippen LogP contribution in [0.1, 0.15) is 59.8 Å². The predicted octanol–water partition coefficient (Wildman–Crippen LogP) is 10.7. The number of carboxylic acids is 1. The molecular weight excluding hydrogens is 777 g/mol. The molecule has 1 amide bonds. The molecule has 11 nitrogen and oxygen atoms in total. The first-order valence-corrected chi connectivity index (χ1v) is 17.7. The standard InChI is InChI=1S/C21H17ClFN3O2.C13H15FN2O.C8H4ClNO2/c1-21(2,12-25-19(27)16-10-15(24-3)8-9-17(16)22)18-11-28-20(26-18)13-4-6-14(23)7-5-13;1-13(2,8-15)11-7-17-12(16-11)9-3-5-10(14)6-4-9;1-10-5-2-3-7(9)6(4-5)8(11)12/h4-11H,12H2,1-2H3,(H,25,27);3-7H,8,15H2,1-2H3;2-4H,(H,11,12). The summed E-state index contributed by atoms with van der Waals surface area (Å²) >= 11 is 11.6. The molecular formula is C42H36Cl2F2N6O5. The third-order valence-electron chi connectivity index (χ3n) is 8.41. The highest BCUT2D eigenvalue weighted by Crippen LogP contribution is 2.29. The van der Waals surface area contributed by atoms with Crippen LogP contribution in [-0.2, 0) is 10.8 Å². The molecule has 0 saturated heterocycles. The van der Waals surface area contributed by atoms with Gasteiger partial charge in [0, 0.05) is 40.6 Å². The molecule has 0 aliphatic heterocycles. The van der Waals surface area contributed by atoms with Crippen LogP contribution in [0.3, 0.4) is 0 Å². The second-order valence-corrected chi connectivity index (χ2v) is 14.4. The van der Waals surface area contributed by atoms with Crippen LogP contribution in [0.15, 0.2) is 106 Å². The first kappa shape index (κ1) is 43.3. The molecule has 6 rings (SSSR count). The Morgan fingerprint density at radius 1 is 0.737 bits per heavy atom. The Hall–Kier alpha value is -6.38. The fraction of sp³-hybridized carbons (Fsp3) is 0.190. The Morgan fingerprint density at radius 3 is 1.58 bits per heavy atom. The lowest BCUT2D eigenvalue weighted by molar-refractivity contribution is 0.0696. The quantitative estimate of drug-likeness (QED) is 0.122. The number of aromatic carboxylic acids is 1. The highest BCUT2D eigenvalue weighted by molar-refractivity contribution is 6.34. The number of carbonyl (C=O) groups is 2. The number of rotatable bonds is 9. The van der Waals surface area contributed by atoms with Gasteiger partial charge in [-0.2, -0.15) is 0 Å². The third kappa shape index (κ3) is 11.6. The number of halogens is 4. The van der Waals surface area contributed by atoms with Gasteiger partial charge in [-0.05, 0) is 60.7 Å². The van der Waals surface area contributed by atoms with E-state index in [1.807, 2.05) is 27.7 Å². The van der Waals surface area contributed by atoms with Crippen LogP contribution in [0.5, 0.6) is 0 Å². The summed E-state index contributed by atoms with van der Waals surface area (Å²) in [5, 5.41) is 11.9. The Balaban J connectivity index is 0.000000210. The second-order valence-electron chi connectivity index (χ2n) is 13.6. The van der Waals surface area contributed by atoms with E-state index in [0.717, 1.165) is 11.3 Å². The van der Waals surface area contributed by atoms with Crippen molar-refractivity contribution < 1.29 is 32.3 Å². The van der Waals surface area contributed by atoms with Gasteiger partial charge in [0.1, 0.15) is 24.2 Å². The number of hydrogen-bond donors (Lipinski definition) is 3. The van der Waals surface area contributed by atoms with Gasteiger partial charge in [0.05, 0.1) is 40.1 Å². The predicted molar refractivity (Wildman–Crippen MR) is 214 cm³/mol. The molecule has 0 aliphatic rings. The average Bonchev–Trinajstić information content (AvgIpc) is 3.91. The van der Waals surface area contributed by atoms with Gasteiger partial charge in [-0.15, -0.1) is 0 Å². The van der Waals surface area contributed by atoms with Crippen molar-refractivity contribution in [2.24, 2.45) is 5.73 Å². The first-order valence-electron chi connectivity index (χ1n) is 17.0. The summed E-state index contributed by atoms with van der Waals surface area (Å²) in [6.45, 7) is 22.3. The molecule has 57 heavy (non-hydrogen) atoms. The highest BCUT2D eigenvalue weighted by atomic mass is 35.5. The number of carbonyl (C=O) groups excluding carboxylic acids is 1. The summed E-state index contributed by atoms with van der Waals surface area (Å²) in [5.74, 6) is -1.23. The maximum absolute atomic E-state index is 13.1. The summed E-state index contributed by atoms with van der Waals surface area (Å²) in [6.07, 6.45) is 3.13. The topological polar surface area (TPSA) is 153 Å². The van der Waals surface area contributed by atoms with Gasteiger partial charge in [0.2, 0.25) is 11.8 Å².